The highest BCUT2D eigenvalue weighted by Crippen LogP contribution is 2.18. The van der Waals surface area contributed by atoms with Crippen LogP contribution < -0.4 is 4.72 Å². The fourth-order valence-corrected chi connectivity index (χ4v) is 3.21. The predicted molar refractivity (Wildman–Crippen MR) is 76.4 cm³/mol. The van der Waals surface area contributed by atoms with Crippen LogP contribution in [0.1, 0.15) is 38.3 Å². The van der Waals surface area contributed by atoms with Crippen LogP contribution in [0.5, 0.6) is 0 Å². The number of rotatable bonds is 7. The Balaban J connectivity index is 2.98. The number of aryl methyl sites for hydroxylation is 1. The summed E-state index contributed by atoms with van der Waals surface area (Å²) in [5.41, 5.74) is 1.38. The fourth-order valence-electron chi connectivity index (χ4n) is 1.80. The van der Waals surface area contributed by atoms with Crippen molar-refractivity contribution in [3.63, 3.8) is 0 Å². The van der Waals surface area contributed by atoms with Crippen LogP contribution in [0.25, 0.3) is 0 Å². The van der Waals surface area contributed by atoms with Gasteiger partial charge in [-0.1, -0.05) is 32.9 Å². The number of sulfonamides is 1. The van der Waals surface area contributed by atoms with Gasteiger partial charge < -0.3 is 5.11 Å². The first-order valence-electron chi connectivity index (χ1n) is 6.63. The topological polar surface area (TPSA) is 66.4 Å². The number of benzene rings is 1. The monoisotopic (exact) mass is 285 g/mol. The Labute approximate surface area is 115 Å². The zero-order chi connectivity index (χ0) is 14.5. The molecule has 0 saturated heterocycles. The Morgan fingerprint density at radius 1 is 1.32 bits per heavy atom. The lowest BCUT2D eigenvalue weighted by atomic mass is 10.1. The van der Waals surface area contributed by atoms with E-state index >= 15 is 0 Å². The molecule has 4 nitrogen and oxygen atoms in total. The molecule has 1 aromatic carbocycles. The van der Waals surface area contributed by atoms with Crippen LogP contribution in [0.4, 0.5) is 0 Å². The molecule has 0 saturated carbocycles. The molecule has 0 heterocycles. The van der Waals surface area contributed by atoms with Crippen molar-refractivity contribution < 1.29 is 13.5 Å². The fraction of sp³-hybridized carbons (Fsp3) is 0.571. The van der Waals surface area contributed by atoms with Crippen molar-refractivity contribution in [1.82, 2.24) is 4.72 Å². The smallest absolute Gasteiger partial charge is 0.240 e. The zero-order valence-electron chi connectivity index (χ0n) is 11.8. The van der Waals surface area contributed by atoms with Gasteiger partial charge in [-0.05, 0) is 36.0 Å². The number of hydrogen-bond donors (Lipinski definition) is 2. The van der Waals surface area contributed by atoms with E-state index in [1.165, 1.54) is 0 Å². The van der Waals surface area contributed by atoms with Crippen LogP contribution in [0.2, 0.25) is 0 Å². The molecule has 0 atom stereocenters. The highest BCUT2D eigenvalue weighted by Gasteiger charge is 2.18. The number of nitrogens with one attached hydrogen (secondary N) is 1. The molecular weight excluding hydrogens is 262 g/mol. The van der Waals surface area contributed by atoms with Gasteiger partial charge in [-0.15, -0.1) is 0 Å². The minimum Gasteiger partial charge on any atom is -0.392 e. The van der Waals surface area contributed by atoms with Crippen molar-refractivity contribution in [2.75, 3.05) is 6.54 Å². The molecule has 0 spiro atoms. The van der Waals surface area contributed by atoms with E-state index in [1.807, 2.05) is 6.92 Å². The average Bonchev–Trinajstić information content (AvgIpc) is 2.37. The lowest BCUT2D eigenvalue weighted by Crippen LogP contribution is -2.26. The Morgan fingerprint density at radius 3 is 2.53 bits per heavy atom. The third-order valence-electron chi connectivity index (χ3n) is 3.00. The molecule has 0 fully saturated rings. The highest BCUT2D eigenvalue weighted by atomic mass is 32.2. The van der Waals surface area contributed by atoms with E-state index in [2.05, 4.69) is 18.6 Å². The summed E-state index contributed by atoms with van der Waals surface area (Å²) in [6.07, 6.45) is 1.45. The highest BCUT2D eigenvalue weighted by molar-refractivity contribution is 7.89. The Kier molecular flexibility index (Phi) is 5.97. The molecule has 0 aromatic heterocycles. The van der Waals surface area contributed by atoms with Gasteiger partial charge in [0.2, 0.25) is 10.0 Å². The first kappa shape index (κ1) is 16.1. The normalized spacial score (nSPS) is 12.1. The van der Waals surface area contributed by atoms with Gasteiger partial charge in [0.1, 0.15) is 0 Å². The van der Waals surface area contributed by atoms with Crippen molar-refractivity contribution in [3.05, 3.63) is 29.3 Å². The molecule has 0 bridgehead atoms. The van der Waals surface area contributed by atoms with Crippen molar-refractivity contribution in [2.24, 2.45) is 5.92 Å². The third-order valence-corrected chi connectivity index (χ3v) is 4.54. The van der Waals surface area contributed by atoms with Gasteiger partial charge >= 0.3 is 0 Å². The maximum Gasteiger partial charge on any atom is 0.240 e. The van der Waals surface area contributed by atoms with Crippen LogP contribution in [0.15, 0.2) is 23.1 Å². The standard InChI is InChI=1S/C14H23NO3S/c1-4-13-6-5-12(10-16)9-14(13)19(17,18)15-8-7-11(2)3/h5-6,9,11,15-16H,4,7-8,10H2,1-3H3. The molecule has 0 amide bonds. The minimum atomic E-state index is -3.49. The summed E-state index contributed by atoms with van der Waals surface area (Å²) in [5, 5.41) is 9.12. The average molecular weight is 285 g/mol. The molecule has 0 aliphatic heterocycles. The molecule has 5 heteroatoms. The molecule has 19 heavy (non-hydrogen) atoms. The zero-order valence-corrected chi connectivity index (χ0v) is 12.6. The van der Waals surface area contributed by atoms with E-state index < -0.39 is 10.0 Å². The maximum absolute atomic E-state index is 12.3. The van der Waals surface area contributed by atoms with Crippen LogP contribution in [-0.2, 0) is 23.1 Å². The van der Waals surface area contributed by atoms with Crippen LogP contribution >= 0.6 is 0 Å². The molecule has 2 N–H and O–H groups in total. The van der Waals surface area contributed by atoms with Gasteiger partial charge in [0.15, 0.2) is 0 Å². The summed E-state index contributed by atoms with van der Waals surface area (Å²) < 4.78 is 27.2. The Morgan fingerprint density at radius 2 is 2.00 bits per heavy atom. The first-order valence-corrected chi connectivity index (χ1v) is 8.11. The van der Waals surface area contributed by atoms with Crippen molar-refractivity contribution in [2.45, 2.75) is 45.1 Å². The molecule has 0 aliphatic carbocycles. The number of aliphatic hydroxyl groups excluding tert-OH is 1. The second-order valence-corrected chi connectivity index (χ2v) is 6.77. The molecule has 0 radical (unpaired) electrons. The largest absolute Gasteiger partial charge is 0.392 e. The van der Waals surface area contributed by atoms with Crippen LogP contribution in [0.3, 0.4) is 0 Å². The second kappa shape index (κ2) is 7.03. The second-order valence-electron chi connectivity index (χ2n) is 5.03. The van der Waals surface area contributed by atoms with E-state index in [9.17, 15) is 8.42 Å². The van der Waals surface area contributed by atoms with Gasteiger partial charge in [-0.25, -0.2) is 13.1 Å². The van der Waals surface area contributed by atoms with E-state index in [0.717, 1.165) is 12.0 Å². The molecule has 0 aliphatic rings. The van der Waals surface area contributed by atoms with E-state index in [0.29, 0.717) is 24.4 Å². The van der Waals surface area contributed by atoms with Crippen LogP contribution in [0, 0.1) is 5.92 Å². The molecule has 108 valence electrons. The third kappa shape index (κ3) is 4.60. The molecule has 1 rings (SSSR count). The van der Waals surface area contributed by atoms with Crippen molar-refractivity contribution >= 4 is 10.0 Å². The van der Waals surface area contributed by atoms with Gasteiger partial charge in [-0.3, -0.25) is 0 Å². The Hall–Kier alpha value is -0.910. The number of hydrogen-bond acceptors (Lipinski definition) is 3. The van der Waals surface area contributed by atoms with Crippen molar-refractivity contribution in [3.8, 4) is 0 Å². The summed E-state index contributed by atoms with van der Waals surface area (Å²) in [6.45, 7) is 6.31. The van der Waals surface area contributed by atoms with E-state index in [1.54, 1.807) is 18.2 Å². The van der Waals surface area contributed by atoms with Gasteiger partial charge in [-0.2, -0.15) is 0 Å². The lowest BCUT2D eigenvalue weighted by molar-refractivity contribution is 0.281. The summed E-state index contributed by atoms with van der Waals surface area (Å²) in [7, 11) is -3.49. The summed E-state index contributed by atoms with van der Waals surface area (Å²) in [5.74, 6) is 0.456. The number of aliphatic hydroxyl groups is 1. The molecule has 0 unspecified atom stereocenters. The van der Waals surface area contributed by atoms with Gasteiger partial charge in [0.25, 0.3) is 0 Å². The summed E-state index contributed by atoms with van der Waals surface area (Å²) in [6, 6.07) is 5.07. The van der Waals surface area contributed by atoms with E-state index in [4.69, 9.17) is 5.11 Å². The van der Waals surface area contributed by atoms with Crippen LogP contribution in [-0.4, -0.2) is 20.1 Å². The SMILES string of the molecule is CCc1ccc(CO)cc1S(=O)(=O)NCCC(C)C. The first-order chi connectivity index (χ1) is 8.90. The molecule has 1 aromatic rings. The predicted octanol–water partition coefficient (Wildman–Crippen LogP) is 2.07. The quantitative estimate of drug-likeness (QED) is 0.806. The lowest BCUT2D eigenvalue weighted by Gasteiger charge is -2.12. The summed E-state index contributed by atoms with van der Waals surface area (Å²) >= 11 is 0. The van der Waals surface area contributed by atoms with E-state index in [-0.39, 0.29) is 11.5 Å². The van der Waals surface area contributed by atoms with Gasteiger partial charge in [0, 0.05) is 6.54 Å². The molecular formula is C14H23NO3S. The minimum absolute atomic E-state index is 0.154. The Bertz CT molecular complexity index is 509. The van der Waals surface area contributed by atoms with Gasteiger partial charge in [0.05, 0.1) is 11.5 Å². The van der Waals surface area contributed by atoms with Crippen molar-refractivity contribution in [1.29, 1.82) is 0 Å². The summed E-state index contributed by atoms with van der Waals surface area (Å²) in [4.78, 5) is 0.283. The maximum atomic E-state index is 12.3.